The maximum Gasteiger partial charge on any atom is 0.347 e. The van der Waals surface area contributed by atoms with Crippen molar-refractivity contribution < 1.29 is 19.4 Å². The Kier molecular flexibility index (Phi) is 7.28. The van der Waals surface area contributed by atoms with Gasteiger partial charge in [0.2, 0.25) is 5.95 Å². The van der Waals surface area contributed by atoms with Crippen LogP contribution in [0.2, 0.25) is 0 Å². The monoisotopic (exact) mass is 485 g/mol. The van der Waals surface area contributed by atoms with Crippen molar-refractivity contribution in [2.75, 3.05) is 55.9 Å². The Labute approximate surface area is 201 Å². The maximum absolute atomic E-state index is 11.4. The van der Waals surface area contributed by atoms with Crippen LogP contribution in [0.25, 0.3) is 0 Å². The van der Waals surface area contributed by atoms with Gasteiger partial charge in [0, 0.05) is 44.4 Å². The zero-order valence-electron chi connectivity index (χ0n) is 19.2. The van der Waals surface area contributed by atoms with Crippen LogP contribution in [0, 0.1) is 6.92 Å². The fourth-order valence-electron chi connectivity index (χ4n) is 3.59. The molecular weight excluding hydrogens is 458 g/mol. The average Bonchev–Trinajstić information content (AvgIpc) is 3.23. The highest BCUT2D eigenvalue weighted by Gasteiger charge is 2.18. The van der Waals surface area contributed by atoms with E-state index in [2.05, 4.69) is 35.8 Å². The lowest BCUT2D eigenvalue weighted by molar-refractivity contribution is 0.0701. The van der Waals surface area contributed by atoms with Crippen molar-refractivity contribution in [3.63, 3.8) is 0 Å². The molecule has 3 heterocycles. The summed E-state index contributed by atoms with van der Waals surface area (Å²) in [7, 11) is 3.25. The van der Waals surface area contributed by atoms with Crippen LogP contribution in [0.4, 0.5) is 22.7 Å². The van der Waals surface area contributed by atoms with Gasteiger partial charge in [0.15, 0.2) is 5.13 Å². The lowest BCUT2D eigenvalue weighted by Gasteiger charge is -2.28. The van der Waals surface area contributed by atoms with Gasteiger partial charge < -0.3 is 30.1 Å². The minimum atomic E-state index is -1.01. The van der Waals surface area contributed by atoms with Gasteiger partial charge in [-0.15, -0.1) is 0 Å². The van der Waals surface area contributed by atoms with E-state index in [0.29, 0.717) is 29.1 Å². The van der Waals surface area contributed by atoms with E-state index in [0.717, 1.165) is 60.4 Å². The van der Waals surface area contributed by atoms with Gasteiger partial charge >= 0.3 is 5.97 Å². The number of nitrogens with zero attached hydrogens (tertiary/aromatic N) is 4. The van der Waals surface area contributed by atoms with E-state index in [9.17, 15) is 9.90 Å². The number of hydrogen-bond acceptors (Lipinski definition) is 11. The van der Waals surface area contributed by atoms with Gasteiger partial charge in [-0.05, 0) is 25.1 Å². The number of carbonyl (C=O) groups is 1. The number of carboxylic acids is 1. The fourth-order valence-corrected chi connectivity index (χ4v) is 4.39. The van der Waals surface area contributed by atoms with Crippen molar-refractivity contribution >= 4 is 40.0 Å². The van der Waals surface area contributed by atoms with Gasteiger partial charge in [0.1, 0.15) is 28.0 Å². The van der Waals surface area contributed by atoms with Crippen LogP contribution in [-0.2, 0) is 6.54 Å². The number of aryl methyl sites for hydroxylation is 1. The van der Waals surface area contributed by atoms with Gasteiger partial charge in [-0.2, -0.15) is 9.97 Å². The molecule has 0 aliphatic carbocycles. The SMILES string of the molecule is COc1ccc(OC)c(CNc2cc(N3CCNCC3)nc(Nc3nc(C)c(C(=O)O)s3)n2)c1. The quantitative estimate of drug-likeness (QED) is 0.356. The van der Waals surface area contributed by atoms with Gasteiger partial charge in [-0.25, -0.2) is 9.78 Å². The molecule has 0 atom stereocenters. The number of methoxy groups -OCH3 is 2. The molecule has 4 N–H and O–H groups in total. The number of ether oxygens (including phenoxy) is 2. The average molecular weight is 486 g/mol. The second kappa shape index (κ2) is 10.5. The number of aromatic nitrogens is 3. The number of thiazole rings is 1. The molecular formula is C22H27N7O4S. The van der Waals surface area contributed by atoms with Crippen molar-refractivity contribution in [2.45, 2.75) is 13.5 Å². The Balaban J connectivity index is 1.61. The van der Waals surface area contributed by atoms with Crippen LogP contribution in [0.15, 0.2) is 24.3 Å². The maximum atomic E-state index is 11.4. The molecule has 12 heteroatoms. The molecule has 1 aromatic carbocycles. The summed E-state index contributed by atoms with van der Waals surface area (Å²) in [4.78, 5) is 27.3. The molecule has 2 aromatic heterocycles. The molecule has 1 aliphatic heterocycles. The van der Waals surface area contributed by atoms with Crippen molar-refractivity contribution in [1.29, 1.82) is 0 Å². The Hall–Kier alpha value is -3.64. The molecule has 3 aromatic rings. The van der Waals surface area contributed by atoms with E-state index in [4.69, 9.17) is 9.47 Å². The van der Waals surface area contributed by atoms with Crippen LogP contribution in [0.3, 0.4) is 0 Å². The summed E-state index contributed by atoms with van der Waals surface area (Å²) in [6.07, 6.45) is 0. The van der Waals surface area contributed by atoms with Crippen LogP contribution in [0.5, 0.6) is 11.5 Å². The molecule has 4 rings (SSSR count). The number of hydrogen-bond donors (Lipinski definition) is 4. The van der Waals surface area contributed by atoms with Gasteiger partial charge in [-0.3, -0.25) is 5.32 Å². The summed E-state index contributed by atoms with van der Waals surface area (Å²) < 4.78 is 10.8. The minimum absolute atomic E-state index is 0.184. The van der Waals surface area contributed by atoms with Crippen LogP contribution >= 0.6 is 11.3 Å². The second-order valence-corrected chi connectivity index (χ2v) is 8.57. The largest absolute Gasteiger partial charge is 0.497 e. The first-order chi connectivity index (χ1) is 16.5. The number of benzene rings is 1. The molecule has 11 nitrogen and oxygen atoms in total. The van der Waals surface area contributed by atoms with Gasteiger partial charge in [0.05, 0.1) is 19.9 Å². The fraction of sp³-hybridized carbons (Fsp3) is 0.364. The van der Waals surface area contributed by atoms with Gasteiger partial charge in [-0.1, -0.05) is 11.3 Å². The molecule has 1 fully saturated rings. The Morgan fingerprint density at radius 3 is 2.65 bits per heavy atom. The summed E-state index contributed by atoms with van der Waals surface area (Å²) >= 11 is 1.05. The van der Waals surface area contributed by atoms with Crippen LogP contribution in [-0.4, -0.2) is 66.4 Å². The molecule has 0 amide bonds. The first-order valence-electron chi connectivity index (χ1n) is 10.7. The molecule has 0 spiro atoms. The molecule has 0 unspecified atom stereocenters. The van der Waals surface area contributed by atoms with Crippen molar-refractivity contribution in [3.05, 3.63) is 40.4 Å². The highest BCUT2D eigenvalue weighted by Crippen LogP contribution is 2.28. The lowest BCUT2D eigenvalue weighted by atomic mass is 10.2. The first-order valence-corrected chi connectivity index (χ1v) is 11.6. The Morgan fingerprint density at radius 1 is 1.18 bits per heavy atom. The Morgan fingerprint density at radius 2 is 1.97 bits per heavy atom. The zero-order chi connectivity index (χ0) is 24.1. The van der Waals surface area contributed by atoms with Crippen LogP contribution in [0.1, 0.15) is 20.9 Å². The van der Waals surface area contributed by atoms with Crippen molar-refractivity contribution in [1.82, 2.24) is 20.3 Å². The summed E-state index contributed by atoms with van der Waals surface area (Å²) in [5.74, 6) is 2.18. The van der Waals surface area contributed by atoms with E-state index < -0.39 is 5.97 Å². The van der Waals surface area contributed by atoms with E-state index in [1.54, 1.807) is 21.1 Å². The molecule has 180 valence electrons. The van der Waals surface area contributed by atoms with E-state index in [-0.39, 0.29) is 4.88 Å². The molecule has 0 saturated carbocycles. The normalized spacial score (nSPS) is 13.4. The number of piperazine rings is 1. The summed E-state index contributed by atoms with van der Waals surface area (Å²) in [6.45, 7) is 5.49. The number of carboxylic acid groups (broad SMARTS) is 1. The minimum Gasteiger partial charge on any atom is -0.497 e. The number of nitrogens with one attached hydrogen (secondary N) is 3. The third-order valence-electron chi connectivity index (χ3n) is 5.31. The highest BCUT2D eigenvalue weighted by atomic mass is 32.1. The molecule has 0 bridgehead atoms. The predicted octanol–water partition coefficient (Wildman–Crippen LogP) is 2.72. The highest BCUT2D eigenvalue weighted by molar-refractivity contribution is 7.17. The standard InChI is InChI=1S/C22H27N7O4S/c1-13-19(20(30)31)34-22(25-13)28-21-26-17(11-18(27-21)29-8-6-23-7-9-29)24-12-14-10-15(32-2)4-5-16(14)33-3/h4-5,10-11,23H,6-9,12H2,1-3H3,(H,30,31)(H2,24,25,26,27,28). The smallest absolute Gasteiger partial charge is 0.347 e. The van der Waals surface area contributed by atoms with Crippen molar-refractivity contribution in [2.24, 2.45) is 0 Å². The topological polar surface area (TPSA) is 134 Å². The molecule has 34 heavy (non-hydrogen) atoms. The summed E-state index contributed by atoms with van der Waals surface area (Å²) in [5, 5.41) is 19.5. The van der Waals surface area contributed by atoms with E-state index in [1.807, 2.05) is 24.3 Å². The van der Waals surface area contributed by atoms with Gasteiger partial charge in [0.25, 0.3) is 0 Å². The predicted molar refractivity (Wildman–Crippen MR) is 131 cm³/mol. The molecule has 1 saturated heterocycles. The summed E-state index contributed by atoms with van der Waals surface area (Å²) in [6, 6.07) is 7.52. The third-order valence-corrected chi connectivity index (χ3v) is 6.37. The Bertz CT molecular complexity index is 1160. The lowest BCUT2D eigenvalue weighted by Crippen LogP contribution is -2.44. The first kappa shape index (κ1) is 23.5. The van der Waals surface area contributed by atoms with Crippen molar-refractivity contribution in [3.8, 4) is 11.5 Å². The number of anilines is 4. The van der Waals surface area contributed by atoms with E-state index >= 15 is 0 Å². The van der Waals surface area contributed by atoms with Crippen LogP contribution < -0.4 is 30.3 Å². The molecule has 1 aliphatic rings. The van der Waals surface area contributed by atoms with E-state index in [1.165, 1.54) is 0 Å². The second-order valence-electron chi connectivity index (χ2n) is 7.57. The molecule has 0 radical (unpaired) electrons. The number of aromatic carboxylic acids is 1. The zero-order valence-corrected chi connectivity index (χ0v) is 20.0. The third kappa shape index (κ3) is 5.46. The number of rotatable bonds is 9. The summed E-state index contributed by atoms with van der Waals surface area (Å²) in [5.41, 5.74) is 1.36.